The number of anilines is 1. The summed E-state index contributed by atoms with van der Waals surface area (Å²) in [6.45, 7) is 2.10. The molecule has 0 unspecified atom stereocenters. The predicted octanol–water partition coefficient (Wildman–Crippen LogP) is 3.14. The lowest BCUT2D eigenvalue weighted by Crippen LogP contribution is -2.20. The van der Waals surface area contributed by atoms with Crippen LogP contribution in [0.25, 0.3) is 10.9 Å². The molecule has 1 aromatic carbocycles. The van der Waals surface area contributed by atoms with E-state index in [4.69, 9.17) is 0 Å². The van der Waals surface area contributed by atoms with E-state index in [1.165, 1.54) is 0 Å². The lowest BCUT2D eigenvalue weighted by Gasteiger charge is -2.10. The first-order valence-corrected chi connectivity index (χ1v) is 7.26. The minimum Gasteiger partial charge on any atom is -0.323 e. The average Bonchev–Trinajstić information content (AvgIpc) is 2.88. The molecule has 1 N–H and O–H groups in total. The number of nitrogens with one attached hydrogen (secondary N) is 1. The lowest BCUT2D eigenvalue weighted by molar-refractivity contribution is -0.116. The minimum absolute atomic E-state index is 0.129. The molecule has 0 aliphatic rings. The summed E-state index contributed by atoms with van der Waals surface area (Å²) < 4.78 is 2.61. The van der Waals surface area contributed by atoms with Gasteiger partial charge < -0.3 is 5.32 Å². The number of nitrogens with zero attached hydrogens (tertiary/aromatic N) is 3. The molecule has 0 spiro atoms. The number of halogens is 1. The van der Waals surface area contributed by atoms with Gasteiger partial charge in [0.2, 0.25) is 5.91 Å². The molecule has 3 rings (SSSR count). The Morgan fingerprint density at radius 1 is 1.29 bits per heavy atom. The van der Waals surface area contributed by atoms with Crippen molar-refractivity contribution in [2.45, 2.75) is 13.5 Å². The minimum atomic E-state index is -0.129. The van der Waals surface area contributed by atoms with Crippen LogP contribution in [0.5, 0.6) is 0 Å². The van der Waals surface area contributed by atoms with Gasteiger partial charge in [-0.25, -0.2) is 0 Å². The van der Waals surface area contributed by atoms with Gasteiger partial charge in [-0.15, -0.1) is 0 Å². The van der Waals surface area contributed by atoms with Crippen molar-refractivity contribution in [2.24, 2.45) is 0 Å². The molecular weight excluding hydrogens is 332 g/mol. The van der Waals surface area contributed by atoms with Crippen LogP contribution in [-0.2, 0) is 11.3 Å². The Kier molecular flexibility index (Phi) is 3.70. The van der Waals surface area contributed by atoms with Crippen molar-refractivity contribution < 1.29 is 4.79 Å². The van der Waals surface area contributed by atoms with Crippen LogP contribution in [0.4, 0.5) is 5.69 Å². The van der Waals surface area contributed by atoms with Crippen LogP contribution in [0.1, 0.15) is 5.69 Å². The zero-order valence-electron chi connectivity index (χ0n) is 11.4. The van der Waals surface area contributed by atoms with Crippen LogP contribution in [0, 0.1) is 6.92 Å². The van der Waals surface area contributed by atoms with Gasteiger partial charge in [-0.1, -0.05) is 22.0 Å². The summed E-state index contributed by atoms with van der Waals surface area (Å²) in [6.07, 6.45) is 3.39. The average molecular weight is 345 g/mol. The number of amides is 1. The topological polar surface area (TPSA) is 59.8 Å². The number of rotatable bonds is 3. The highest BCUT2D eigenvalue weighted by atomic mass is 79.9. The molecule has 1 amide bonds. The second kappa shape index (κ2) is 5.65. The maximum Gasteiger partial charge on any atom is 0.246 e. The van der Waals surface area contributed by atoms with E-state index in [1.54, 1.807) is 17.1 Å². The van der Waals surface area contributed by atoms with Crippen LogP contribution in [0.15, 0.2) is 47.2 Å². The molecule has 0 saturated heterocycles. The van der Waals surface area contributed by atoms with Gasteiger partial charge >= 0.3 is 0 Å². The first-order valence-electron chi connectivity index (χ1n) is 6.46. The Bertz CT molecular complexity index is 812. The molecule has 0 aliphatic heterocycles. The van der Waals surface area contributed by atoms with Gasteiger partial charge in [0.25, 0.3) is 0 Å². The van der Waals surface area contributed by atoms with E-state index in [0.717, 1.165) is 21.1 Å². The van der Waals surface area contributed by atoms with Crippen molar-refractivity contribution in [3.8, 4) is 0 Å². The Labute approximate surface area is 130 Å². The Morgan fingerprint density at radius 3 is 2.90 bits per heavy atom. The third kappa shape index (κ3) is 2.80. The zero-order chi connectivity index (χ0) is 14.8. The summed E-state index contributed by atoms with van der Waals surface area (Å²) in [5, 5.41) is 7.96. The summed E-state index contributed by atoms with van der Waals surface area (Å²) in [5.41, 5.74) is 2.41. The van der Waals surface area contributed by atoms with Gasteiger partial charge in [-0.05, 0) is 31.2 Å². The fourth-order valence-electron chi connectivity index (χ4n) is 2.13. The molecule has 0 aliphatic carbocycles. The second-order valence-electron chi connectivity index (χ2n) is 4.67. The van der Waals surface area contributed by atoms with Crippen molar-refractivity contribution in [1.82, 2.24) is 14.8 Å². The molecule has 6 heteroatoms. The molecule has 0 fully saturated rings. The van der Waals surface area contributed by atoms with Crippen LogP contribution >= 0.6 is 15.9 Å². The monoisotopic (exact) mass is 344 g/mol. The predicted molar refractivity (Wildman–Crippen MR) is 85.0 cm³/mol. The summed E-state index contributed by atoms with van der Waals surface area (Å²) in [6, 6.07) is 9.43. The largest absolute Gasteiger partial charge is 0.323 e. The third-order valence-electron chi connectivity index (χ3n) is 3.21. The molecule has 0 radical (unpaired) electrons. The quantitative estimate of drug-likeness (QED) is 0.793. The molecule has 0 bridgehead atoms. The van der Waals surface area contributed by atoms with Crippen molar-refractivity contribution in [1.29, 1.82) is 0 Å². The summed E-state index contributed by atoms with van der Waals surface area (Å²) >= 11 is 3.49. The molecule has 3 aromatic rings. The number of hydrogen-bond acceptors (Lipinski definition) is 3. The first kappa shape index (κ1) is 13.8. The van der Waals surface area contributed by atoms with Crippen molar-refractivity contribution in [3.63, 3.8) is 0 Å². The highest BCUT2D eigenvalue weighted by molar-refractivity contribution is 9.10. The highest BCUT2D eigenvalue weighted by Crippen LogP contribution is 2.28. The second-order valence-corrected chi connectivity index (χ2v) is 5.53. The molecule has 21 heavy (non-hydrogen) atoms. The van der Waals surface area contributed by atoms with Gasteiger partial charge in [0.1, 0.15) is 6.54 Å². The first-order chi connectivity index (χ1) is 10.1. The van der Waals surface area contributed by atoms with Gasteiger partial charge in [0, 0.05) is 27.9 Å². The van der Waals surface area contributed by atoms with Crippen molar-refractivity contribution in [2.75, 3.05) is 5.32 Å². The normalized spacial score (nSPS) is 10.8. The van der Waals surface area contributed by atoms with E-state index in [2.05, 4.69) is 31.3 Å². The molecule has 5 nitrogen and oxygen atoms in total. The Morgan fingerprint density at radius 2 is 2.14 bits per heavy atom. The molecule has 2 heterocycles. The van der Waals surface area contributed by atoms with E-state index in [9.17, 15) is 4.79 Å². The standard InChI is InChI=1S/C15H13BrN4O/c1-10-6-8-18-20(10)9-14(21)19-13-5-4-12(16)11-3-2-7-17-15(11)13/h2-8H,9H2,1H3,(H,19,21). The fraction of sp³-hybridized carbons (Fsp3) is 0.133. The van der Waals surface area contributed by atoms with Gasteiger partial charge in [-0.3, -0.25) is 14.5 Å². The molecule has 0 atom stereocenters. The van der Waals surface area contributed by atoms with Crippen LogP contribution < -0.4 is 5.32 Å². The number of aromatic nitrogens is 3. The third-order valence-corrected chi connectivity index (χ3v) is 3.90. The summed E-state index contributed by atoms with van der Waals surface area (Å²) in [7, 11) is 0. The van der Waals surface area contributed by atoms with Crippen LogP contribution in [0.2, 0.25) is 0 Å². The number of hydrogen-bond donors (Lipinski definition) is 1. The number of aryl methyl sites for hydroxylation is 1. The number of fused-ring (bicyclic) bond motifs is 1. The molecule has 0 saturated carbocycles. The van der Waals surface area contributed by atoms with Crippen LogP contribution in [0.3, 0.4) is 0 Å². The zero-order valence-corrected chi connectivity index (χ0v) is 13.0. The number of benzene rings is 1. The SMILES string of the molecule is Cc1ccnn1CC(=O)Nc1ccc(Br)c2cccnc12. The molecule has 106 valence electrons. The number of carbonyl (C=O) groups excluding carboxylic acids is 1. The molecular formula is C15H13BrN4O. The Balaban J connectivity index is 1.87. The van der Waals surface area contributed by atoms with Gasteiger partial charge in [-0.2, -0.15) is 5.10 Å². The highest BCUT2D eigenvalue weighted by Gasteiger charge is 2.10. The van der Waals surface area contributed by atoms with Crippen LogP contribution in [-0.4, -0.2) is 20.7 Å². The van der Waals surface area contributed by atoms with E-state index in [1.807, 2.05) is 37.3 Å². The van der Waals surface area contributed by atoms with Gasteiger partial charge in [0.05, 0.1) is 11.2 Å². The Hall–Kier alpha value is -2.21. The summed E-state index contributed by atoms with van der Waals surface area (Å²) in [5.74, 6) is -0.129. The maximum atomic E-state index is 12.1. The molecule has 2 aromatic heterocycles. The van der Waals surface area contributed by atoms with E-state index in [-0.39, 0.29) is 12.5 Å². The van der Waals surface area contributed by atoms with E-state index >= 15 is 0 Å². The van der Waals surface area contributed by atoms with Gasteiger partial charge in [0.15, 0.2) is 0 Å². The number of carbonyl (C=O) groups is 1. The fourth-order valence-corrected chi connectivity index (χ4v) is 2.58. The number of pyridine rings is 1. The smallest absolute Gasteiger partial charge is 0.246 e. The van der Waals surface area contributed by atoms with Crippen molar-refractivity contribution in [3.05, 3.63) is 52.9 Å². The maximum absolute atomic E-state index is 12.1. The summed E-state index contributed by atoms with van der Waals surface area (Å²) in [4.78, 5) is 16.5. The van der Waals surface area contributed by atoms with Crippen molar-refractivity contribution >= 4 is 38.4 Å². The van der Waals surface area contributed by atoms with E-state index < -0.39 is 0 Å². The van der Waals surface area contributed by atoms with E-state index in [0.29, 0.717) is 5.69 Å². The lowest BCUT2D eigenvalue weighted by atomic mass is 10.2.